The molecule has 0 saturated heterocycles. The fourth-order valence-electron chi connectivity index (χ4n) is 1.20. The molecule has 5 heteroatoms. The Kier molecular flexibility index (Phi) is 3.40. The van der Waals surface area contributed by atoms with Crippen molar-refractivity contribution in [1.29, 1.82) is 5.26 Å². The van der Waals surface area contributed by atoms with Crippen LogP contribution in [0.15, 0.2) is 30.5 Å². The molecule has 0 aliphatic heterocycles. The average molecular weight is 250 g/mol. The number of anilines is 1. The van der Waals surface area contributed by atoms with E-state index < -0.39 is 0 Å². The number of nitrogens with zero attached hydrogens (tertiary/aromatic N) is 2. The zero-order chi connectivity index (χ0) is 11.4. The van der Waals surface area contributed by atoms with Gasteiger partial charge < -0.3 is 5.32 Å². The molecular formula is C11H8ClN3S. The molecule has 0 bridgehead atoms. The van der Waals surface area contributed by atoms with E-state index in [0.717, 1.165) is 15.4 Å². The van der Waals surface area contributed by atoms with Crippen molar-refractivity contribution in [1.82, 2.24) is 4.98 Å². The first-order valence-electron chi connectivity index (χ1n) is 4.62. The van der Waals surface area contributed by atoms with E-state index in [1.807, 2.05) is 18.2 Å². The van der Waals surface area contributed by atoms with E-state index in [-0.39, 0.29) is 0 Å². The maximum absolute atomic E-state index is 8.68. The second-order valence-corrected chi connectivity index (χ2v) is 4.66. The van der Waals surface area contributed by atoms with Gasteiger partial charge in [-0.15, -0.1) is 11.3 Å². The van der Waals surface area contributed by atoms with Crippen LogP contribution in [0.3, 0.4) is 0 Å². The van der Waals surface area contributed by atoms with Gasteiger partial charge in [-0.3, -0.25) is 0 Å². The van der Waals surface area contributed by atoms with Crippen LogP contribution in [0, 0.1) is 11.3 Å². The number of nitrogens with one attached hydrogen (secondary N) is 1. The number of nitriles is 1. The van der Waals surface area contributed by atoms with Crippen LogP contribution in [0.1, 0.15) is 9.75 Å². The topological polar surface area (TPSA) is 48.7 Å². The Bertz CT molecular complexity index is 513. The van der Waals surface area contributed by atoms with E-state index in [1.54, 1.807) is 12.3 Å². The van der Waals surface area contributed by atoms with E-state index in [0.29, 0.717) is 11.7 Å². The van der Waals surface area contributed by atoms with E-state index in [9.17, 15) is 0 Å². The Morgan fingerprint density at radius 1 is 1.38 bits per heavy atom. The van der Waals surface area contributed by atoms with Crippen LogP contribution in [0.25, 0.3) is 0 Å². The predicted molar refractivity (Wildman–Crippen MR) is 65.6 cm³/mol. The monoisotopic (exact) mass is 249 g/mol. The van der Waals surface area contributed by atoms with E-state index in [1.165, 1.54) is 11.3 Å². The molecule has 1 N–H and O–H groups in total. The van der Waals surface area contributed by atoms with E-state index >= 15 is 0 Å². The number of hydrogen-bond acceptors (Lipinski definition) is 4. The van der Waals surface area contributed by atoms with Crippen molar-refractivity contribution >= 4 is 28.6 Å². The van der Waals surface area contributed by atoms with Gasteiger partial charge in [-0.2, -0.15) is 5.26 Å². The maximum Gasteiger partial charge on any atom is 0.129 e. The van der Waals surface area contributed by atoms with Gasteiger partial charge in [0.15, 0.2) is 0 Å². The van der Waals surface area contributed by atoms with Gasteiger partial charge in [0.2, 0.25) is 0 Å². The zero-order valence-electron chi connectivity index (χ0n) is 8.27. The summed E-state index contributed by atoms with van der Waals surface area (Å²) in [6.45, 7) is 0.690. The molecule has 0 spiro atoms. The standard InChI is InChI=1S/C11H8ClN3S/c12-11-4-1-8(6-15-11)14-7-10-3-2-9(5-13)16-10/h1-4,6,14H,7H2. The summed E-state index contributed by atoms with van der Waals surface area (Å²) < 4.78 is 0. The van der Waals surface area contributed by atoms with Gasteiger partial charge in [0, 0.05) is 11.4 Å². The number of hydrogen-bond donors (Lipinski definition) is 1. The van der Waals surface area contributed by atoms with Gasteiger partial charge in [-0.25, -0.2) is 4.98 Å². The molecule has 0 aromatic carbocycles. The summed E-state index contributed by atoms with van der Waals surface area (Å²) in [6.07, 6.45) is 1.68. The first kappa shape index (κ1) is 10.9. The lowest BCUT2D eigenvalue weighted by Gasteiger charge is -2.03. The lowest BCUT2D eigenvalue weighted by atomic mass is 10.4. The fourth-order valence-corrected chi connectivity index (χ4v) is 2.06. The lowest BCUT2D eigenvalue weighted by molar-refractivity contribution is 1.17. The quantitative estimate of drug-likeness (QED) is 0.850. The molecule has 2 aromatic heterocycles. The molecule has 0 aliphatic rings. The molecule has 80 valence electrons. The highest BCUT2D eigenvalue weighted by atomic mass is 35.5. The van der Waals surface area contributed by atoms with Gasteiger partial charge >= 0.3 is 0 Å². The third-order valence-corrected chi connectivity index (χ3v) is 3.18. The molecule has 2 aromatic rings. The first-order chi connectivity index (χ1) is 7.78. The SMILES string of the molecule is N#Cc1ccc(CNc2ccc(Cl)nc2)s1. The molecule has 0 fully saturated rings. The molecular weight excluding hydrogens is 242 g/mol. The Balaban J connectivity index is 1.97. The van der Waals surface area contributed by atoms with Crippen LogP contribution in [0.4, 0.5) is 5.69 Å². The highest BCUT2D eigenvalue weighted by Crippen LogP contribution is 2.17. The number of aromatic nitrogens is 1. The van der Waals surface area contributed by atoms with Crippen LogP contribution in [0.5, 0.6) is 0 Å². The van der Waals surface area contributed by atoms with Crippen LogP contribution in [0.2, 0.25) is 5.15 Å². The second-order valence-electron chi connectivity index (χ2n) is 3.10. The fraction of sp³-hybridized carbons (Fsp3) is 0.0909. The third-order valence-electron chi connectivity index (χ3n) is 1.97. The van der Waals surface area contributed by atoms with Crippen molar-refractivity contribution in [2.24, 2.45) is 0 Å². The van der Waals surface area contributed by atoms with Gasteiger partial charge in [-0.1, -0.05) is 11.6 Å². The molecule has 3 nitrogen and oxygen atoms in total. The molecule has 0 amide bonds. The summed E-state index contributed by atoms with van der Waals surface area (Å²) in [6, 6.07) is 9.48. The number of thiophene rings is 1. The lowest BCUT2D eigenvalue weighted by Crippen LogP contribution is -1.97. The summed E-state index contributed by atoms with van der Waals surface area (Å²) in [5.41, 5.74) is 0.913. The van der Waals surface area contributed by atoms with Gasteiger partial charge in [0.1, 0.15) is 16.1 Å². The van der Waals surface area contributed by atoms with E-state index in [2.05, 4.69) is 16.4 Å². The van der Waals surface area contributed by atoms with Crippen LogP contribution >= 0.6 is 22.9 Å². The predicted octanol–water partition coefficient (Wildman–Crippen LogP) is 3.28. The maximum atomic E-state index is 8.68. The molecule has 2 heterocycles. The highest BCUT2D eigenvalue weighted by molar-refractivity contribution is 7.12. The molecule has 16 heavy (non-hydrogen) atoms. The van der Waals surface area contributed by atoms with Crippen LogP contribution < -0.4 is 5.32 Å². The van der Waals surface area contributed by atoms with Gasteiger partial charge in [0.05, 0.1) is 11.9 Å². The van der Waals surface area contributed by atoms with E-state index in [4.69, 9.17) is 16.9 Å². The molecule has 0 unspecified atom stereocenters. The highest BCUT2D eigenvalue weighted by Gasteiger charge is 1.99. The van der Waals surface area contributed by atoms with Crippen molar-refractivity contribution in [3.8, 4) is 6.07 Å². The van der Waals surface area contributed by atoms with Crippen LogP contribution in [-0.4, -0.2) is 4.98 Å². The number of pyridine rings is 1. The minimum atomic E-state index is 0.480. The summed E-state index contributed by atoms with van der Waals surface area (Å²) in [7, 11) is 0. The Morgan fingerprint density at radius 3 is 2.88 bits per heavy atom. The third kappa shape index (κ3) is 2.72. The largest absolute Gasteiger partial charge is 0.379 e. The van der Waals surface area contributed by atoms with Crippen LogP contribution in [-0.2, 0) is 6.54 Å². The molecule has 0 atom stereocenters. The number of rotatable bonds is 3. The second kappa shape index (κ2) is 4.97. The van der Waals surface area contributed by atoms with Crippen molar-refractivity contribution in [2.45, 2.75) is 6.54 Å². The van der Waals surface area contributed by atoms with Crippen molar-refractivity contribution in [3.05, 3.63) is 45.4 Å². The van der Waals surface area contributed by atoms with Gasteiger partial charge in [0.25, 0.3) is 0 Å². The number of halogens is 1. The normalized spacial score (nSPS) is 9.75. The minimum Gasteiger partial charge on any atom is -0.379 e. The summed E-state index contributed by atoms with van der Waals surface area (Å²) in [5.74, 6) is 0. The Hall–Kier alpha value is -1.57. The van der Waals surface area contributed by atoms with Crippen molar-refractivity contribution in [3.63, 3.8) is 0 Å². The molecule has 0 radical (unpaired) electrons. The molecule has 0 saturated carbocycles. The average Bonchev–Trinajstić information content (AvgIpc) is 2.76. The molecule has 2 rings (SSSR count). The van der Waals surface area contributed by atoms with Crippen molar-refractivity contribution in [2.75, 3.05) is 5.32 Å². The zero-order valence-corrected chi connectivity index (χ0v) is 9.85. The summed E-state index contributed by atoms with van der Waals surface area (Å²) in [5, 5.41) is 12.4. The Labute approximate surface area is 102 Å². The first-order valence-corrected chi connectivity index (χ1v) is 5.81. The van der Waals surface area contributed by atoms with Crippen molar-refractivity contribution < 1.29 is 0 Å². The molecule has 0 aliphatic carbocycles. The smallest absolute Gasteiger partial charge is 0.129 e. The Morgan fingerprint density at radius 2 is 2.25 bits per heavy atom. The van der Waals surface area contributed by atoms with Gasteiger partial charge in [-0.05, 0) is 24.3 Å². The minimum absolute atomic E-state index is 0.480. The summed E-state index contributed by atoms with van der Waals surface area (Å²) >= 11 is 7.16. The summed E-state index contributed by atoms with van der Waals surface area (Å²) in [4.78, 5) is 5.81.